The molecule has 0 atom stereocenters. The topological polar surface area (TPSA) is 24.9 Å². The van der Waals surface area contributed by atoms with Crippen LogP contribution < -0.4 is 5.32 Å². The number of nitrogens with zero attached hydrogens (tertiary/aromatic N) is 1. The zero-order chi connectivity index (χ0) is 15.1. The van der Waals surface area contributed by atoms with Crippen LogP contribution in [0.25, 0.3) is 0 Å². The van der Waals surface area contributed by atoms with Gasteiger partial charge < -0.3 is 5.32 Å². The van der Waals surface area contributed by atoms with E-state index in [2.05, 4.69) is 61.4 Å². The maximum atomic E-state index is 4.24. The molecule has 2 aromatic rings. The lowest BCUT2D eigenvalue weighted by atomic mass is 10.2. The molecule has 3 heteroatoms. The number of benzene rings is 1. The van der Waals surface area contributed by atoms with Gasteiger partial charge in [-0.3, -0.25) is 4.98 Å². The standard InChI is InChI=1S/C18H24N2S/c1-14(2)9-19-11-16-4-6-18(7-5-16)21-13-17-8-15(3)10-20-12-17/h4-8,10,12,14,19H,9,11,13H2,1-3H3. The van der Waals surface area contributed by atoms with E-state index in [-0.39, 0.29) is 0 Å². The first-order chi connectivity index (χ1) is 10.1. The molecule has 0 bridgehead atoms. The van der Waals surface area contributed by atoms with Crippen molar-refractivity contribution in [3.63, 3.8) is 0 Å². The fourth-order valence-electron chi connectivity index (χ4n) is 2.07. The minimum absolute atomic E-state index is 0.697. The van der Waals surface area contributed by atoms with Crippen LogP contribution in [0.2, 0.25) is 0 Å². The Balaban J connectivity index is 1.82. The fourth-order valence-corrected chi connectivity index (χ4v) is 2.89. The van der Waals surface area contributed by atoms with Crippen LogP contribution in [0.15, 0.2) is 47.6 Å². The summed E-state index contributed by atoms with van der Waals surface area (Å²) < 4.78 is 0. The van der Waals surface area contributed by atoms with Gasteiger partial charge in [0.1, 0.15) is 0 Å². The number of nitrogens with one attached hydrogen (secondary N) is 1. The second-order valence-corrected chi connectivity index (χ2v) is 6.88. The van der Waals surface area contributed by atoms with Gasteiger partial charge in [-0.1, -0.05) is 32.0 Å². The number of hydrogen-bond donors (Lipinski definition) is 1. The number of thioether (sulfide) groups is 1. The Hall–Kier alpha value is -1.32. The van der Waals surface area contributed by atoms with Gasteiger partial charge in [0.2, 0.25) is 0 Å². The molecule has 2 nitrogen and oxygen atoms in total. The van der Waals surface area contributed by atoms with Gasteiger partial charge in [-0.15, -0.1) is 11.8 Å². The van der Waals surface area contributed by atoms with Gasteiger partial charge in [-0.2, -0.15) is 0 Å². The second kappa shape index (κ2) is 8.20. The molecule has 0 aliphatic heterocycles. The summed E-state index contributed by atoms with van der Waals surface area (Å²) in [6, 6.07) is 11.0. The van der Waals surface area contributed by atoms with Gasteiger partial charge >= 0.3 is 0 Å². The summed E-state index contributed by atoms with van der Waals surface area (Å²) in [4.78, 5) is 5.55. The maximum Gasteiger partial charge on any atom is 0.0308 e. The summed E-state index contributed by atoms with van der Waals surface area (Å²) in [5.74, 6) is 1.67. The minimum atomic E-state index is 0.697. The molecule has 1 aromatic heterocycles. The Labute approximate surface area is 132 Å². The molecule has 0 radical (unpaired) electrons. The molecule has 0 amide bonds. The van der Waals surface area contributed by atoms with Gasteiger partial charge in [-0.25, -0.2) is 0 Å². The molecule has 1 aromatic carbocycles. The van der Waals surface area contributed by atoms with Crippen LogP contribution in [0.3, 0.4) is 0 Å². The summed E-state index contributed by atoms with van der Waals surface area (Å²) in [7, 11) is 0. The predicted molar refractivity (Wildman–Crippen MR) is 91.5 cm³/mol. The van der Waals surface area contributed by atoms with Crippen LogP contribution in [-0.2, 0) is 12.3 Å². The third-order valence-electron chi connectivity index (χ3n) is 3.14. The van der Waals surface area contributed by atoms with Crippen molar-refractivity contribution in [3.05, 3.63) is 59.4 Å². The third kappa shape index (κ3) is 5.90. The average Bonchev–Trinajstić information content (AvgIpc) is 2.46. The van der Waals surface area contributed by atoms with Crippen LogP contribution in [0.4, 0.5) is 0 Å². The lowest BCUT2D eigenvalue weighted by Gasteiger charge is -2.08. The van der Waals surface area contributed by atoms with Crippen LogP contribution >= 0.6 is 11.8 Å². The molecule has 0 aliphatic carbocycles. The molecule has 21 heavy (non-hydrogen) atoms. The Morgan fingerprint density at radius 2 is 1.86 bits per heavy atom. The van der Waals surface area contributed by atoms with Crippen molar-refractivity contribution >= 4 is 11.8 Å². The monoisotopic (exact) mass is 300 g/mol. The van der Waals surface area contributed by atoms with Gasteiger partial charge in [0.25, 0.3) is 0 Å². The minimum Gasteiger partial charge on any atom is -0.312 e. The fraction of sp³-hybridized carbons (Fsp3) is 0.389. The lowest BCUT2D eigenvalue weighted by molar-refractivity contribution is 0.552. The van der Waals surface area contributed by atoms with Crippen LogP contribution in [0, 0.1) is 12.8 Å². The Kier molecular flexibility index (Phi) is 6.27. The first kappa shape index (κ1) is 16.1. The second-order valence-electron chi connectivity index (χ2n) is 5.83. The SMILES string of the molecule is Cc1cncc(CSc2ccc(CNCC(C)C)cc2)c1. The molecule has 0 unspecified atom stereocenters. The number of rotatable bonds is 7. The molecule has 0 saturated heterocycles. The zero-order valence-electron chi connectivity index (χ0n) is 13.1. The van der Waals surface area contributed by atoms with E-state index in [1.807, 2.05) is 24.2 Å². The average molecular weight is 300 g/mol. The van der Waals surface area contributed by atoms with E-state index in [9.17, 15) is 0 Å². The van der Waals surface area contributed by atoms with E-state index in [1.54, 1.807) is 0 Å². The molecule has 0 fully saturated rings. The maximum absolute atomic E-state index is 4.24. The summed E-state index contributed by atoms with van der Waals surface area (Å²) in [5.41, 5.74) is 3.85. The van der Waals surface area contributed by atoms with Crippen molar-refractivity contribution in [2.24, 2.45) is 5.92 Å². The van der Waals surface area contributed by atoms with Gasteiger partial charge in [-0.05, 0) is 48.2 Å². The number of aryl methyl sites for hydroxylation is 1. The number of hydrogen-bond acceptors (Lipinski definition) is 3. The molecular weight excluding hydrogens is 276 g/mol. The van der Waals surface area contributed by atoms with Gasteiger partial charge in [0.05, 0.1) is 0 Å². The van der Waals surface area contributed by atoms with Crippen LogP contribution in [0.1, 0.15) is 30.5 Å². The Morgan fingerprint density at radius 3 is 2.52 bits per heavy atom. The van der Waals surface area contributed by atoms with E-state index < -0.39 is 0 Å². The molecule has 1 heterocycles. The molecular formula is C18H24N2S. The van der Waals surface area contributed by atoms with Crippen molar-refractivity contribution in [2.45, 2.75) is 38.0 Å². The van der Waals surface area contributed by atoms with Crippen molar-refractivity contribution in [3.8, 4) is 0 Å². The lowest BCUT2D eigenvalue weighted by Crippen LogP contribution is -2.18. The first-order valence-electron chi connectivity index (χ1n) is 7.46. The van der Waals surface area contributed by atoms with Gasteiger partial charge in [0, 0.05) is 29.6 Å². The van der Waals surface area contributed by atoms with Crippen molar-refractivity contribution in [1.82, 2.24) is 10.3 Å². The Morgan fingerprint density at radius 1 is 1.10 bits per heavy atom. The van der Waals surface area contributed by atoms with E-state index in [0.29, 0.717) is 5.92 Å². The molecule has 0 saturated carbocycles. The quantitative estimate of drug-likeness (QED) is 0.766. The third-order valence-corrected chi connectivity index (χ3v) is 4.23. The zero-order valence-corrected chi connectivity index (χ0v) is 13.9. The smallest absolute Gasteiger partial charge is 0.0308 e. The van der Waals surface area contributed by atoms with Gasteiger partial charge in [0.15, 0.2) is 0 Å². The molecule has 2 rings (SSSR count). The van der Waals surface area contributed by atoms with Crippen molar-refractivity contribution in [1.29, 1.82) is 0 Å². The summed E-state index contributed by atoms with van der Waals surface area (Å²) in [6.07, 6.45) is 3.84. The van der Waals surface area contributed by atoms with E-state index in [4.69, 9.17) is 0 Å². The first-order valence-corrected chi connectivity index (χ1v) is 8.45. The van der Waals surface area contributed by atoms with Crippen molar-refractivity contribution < 1.29 is 0 Å². The molecule has 0 aliphatic rings. The van der Waals surface area contributed by atoms with Crippen LogP contribution in [-0.4, -0.2) is 11.5 Å². The molecule has 1 N–H and O–H groups in total. The van der Waals surface area contributed by atoms with Crippen LogP contribution in [0.5, 0.6) is 0 Å². The highest BCUT2D eigenvalue weighted by Gasteiger charge is 1.99. The summed E-state index contributed by atoms with van der Waals surface area (Å²) in [5, 5.41) is 3.47. The Bertz CT molecular complexity index is 549. The summed E-state index contributed by atoms with van der Waals surface area (Å²) >= 11 is 1.86. The summed E-state index contributed by atoms with van der Waals surface area (Å²) in [6.45, 7) is 8.56. The number of aromatic nitrogens is 1. The van der Waals surface area contributed by atoms with Crippen molar-refractivity contribution in [2.75, 3.05) is 6.54 Å². The highest BCUT2D eigenvalue weighted by Crippen LogP contribution is 2.23. The number of pyridine rings is 1. The largest absolute Gasteiger partial charge is 0.312 e. The van der Waals surface area contributed by atoms with E-state index in [0.717, 1.165) is 18.8 Å². The predicted octanol–water partition coefficient (Wildman–Crippen LogP) is 4.43. The molecule has 112 valence electrons. The molecule has 0 spiro atoms. The normalized spacial score (nSPS) is 11.0. The van der Waals surface area contributed by atoms with E-state index >= 15 is 0 Å². The van der Waals surface area contributed by atoms with E-state index in [1.165, 1.54) is 21.6 Å². The highest BCUT2D eigenvalue weighted by molar-refractivity contribution is 7.98. The highest BCUT2D eigenvalue weighted by atomic mass is 32.2.